The minimum absolute atomic E-state index is 0.0779. The van der Waals surface area contributed by atoms with Gasteiger partial charge in [0.15, 0.2) is 0 Å². The first-order valence-corrected chi connectivity index (χ1v) is 8.43. The molecule has 0 fully saturated rings. The maximum atomic E-state index is 12.4. The number of benzene rings is 2. The van der Waals surface area contributed by atoms with Crippen LogP contribution in [0.1, 0.15) is 10.6 Å². The van der Waals surface area contributed by atoms with E-state index in [0.717, 1.165) is 11.2 Å². The zero-order chi connectivity index (χ0) is 18.2. The highest BCUT2D eigenvalue weighted by Crippen LogP contribution is 2.21. The number of carbonyl (C=O) groups excluding carboxylic acids is 1. The van der Waals surface area contributed by atoms with Gasteiger partial charge in [-0.2, -0.15) is 4.98 Å². The Morgan fingerprint density at radius 1 is 0.926 bits per heavy atom. The first kappa shape index (κ1) is 15.3. The molecular weight excluding hydrogens is 340 g/mol. The SMILES string of the molecule is O=C(Nc1ccc(-n2ccc3ccccc32)cc1)c1nc2ncccn2n1. The van der Waals surface area contributed by atoms with Crippen LogP contribution in [-0.4, -0.2) is 30.1 Å². The molecule has 0 aliphatic heterocycles. The molecule has 130 valence electrons. The topological polar surface area (TPSA) is 77.1 Å². The molecule has 1 N–H and O–H groups in total. The van der Waals surface area contributed by atoms with Crippen LogP contribution in [0, 0.1) is 0 Å². The summed E-state index contributed by atoms with van der Waals surface area (Å²) < 4.78 is 3.57. The molecule has 5 rings (SSSR count). The van der Waals surface area contributed by atoms with Crippen molar-refractivity contribution in [2.45, 2.75) is 0 Å². The molecule has 2 aromatic carbocycles. The van der Waals surface area contributed by atoms with E-state index < -0.39 is 0 Å². The Hall–Kier alpha value is -4.00. The monoisotopic (exact) mass is 354 g/mol. The molecule has 27 heavy (non-hydrogen) atoms. The second kappa shape index (κ2) is 6.06. The maximum Gasteiger partial charge on any atom is 0.295 e. The lowest BCUT2D eigenvalue weighted by molar-refractivity contribution is 0.101. The van der Waals surface area contributed by atoms with Crippen LogP contribution < -0.4 is 5.32 Å². The summed E-state index contributed by atoms with van der Waals surface area (Å²) in [6.07, 6.45) is 5.34. The van der Waals surface area contributed by atoms with Crippen molar-refractivity contribution >= 4 is 28.3 Å². The number of rotatable bonds is 3. The molecule has 0 atom stereocenters. The van der Waals surface area contributed by atoms with Gasteiger partial charge in [0.05, 0.1) is 5.52 Å². The van der Waals surface area contributed by atoms with E-state index in [1.54, 1.807) is 18.5 Å². The lowest BCUT2D eigenvalue weighted by Gasteiger charge is -2.07. The van der Waals surface area contributed by atoms with Gasteiger partial charge in [-0.25, -0.2) is 9.50 Å². The lowest BCUT2D eigenvalue weighted by atomic mass is 10.2. The maximum absolute atomic E-state index is 12.4. The number of aromatic nitrogens is 5. The Morgan fingerprint density at radius 3 is 2.63 bits per heavy atom. The van der Waals surface area contributed by atoms with Crippen molar-refractivity contribution in [3.8, 4) is 5.69 Å². The van der Waals surface area contributed by atoms with Crippen molar-refractivity contribution in [2.24, 2.45) is 0 Å². The van der Waals surface area contributed by atoms with Crippen molar-refractivity contribution < 1.29 is 4.79 Å². The first-order valence-electron chi connectivity index (χ1n) is 8.43. The highest BCUT2D eigenvalue weighted by molar-refractivity contribution is 6.01. The summed E-state index contributed by atoms with van der Waals surface area (Å²) in [5.41, 5.74) is 2.83. The van der Waals surface area contributed by atoms with Crippen LogP contribution in [0.5, 0.6) is 0 Å². The van der Waals surface area contributed by atoms with E-state index in [2.05, 4.69) is 43.1 Å². The molecular formula is C20H14N6O. The van der Waals surface area contributed by atoms with E-state index >= 15 is 0 Å². The number of hydrogen-bond acceptors (Lipinski definition) is 4. The van der Waals surface area contributed by atoms with Gasteiger partial charge in [0.2, 0.25) is 5.82 Å². The number of amides is 1. The molecule has 1 amide bonds. The zero-order valence-corrected chi connectivity index (χ0v) is 14.1. The molecule has 0 aliphatic carbocycles. The van der Waals surface area contributed by atoms with Gasteiger partial charge in [-0.3, -0.25) is 4.79 Å². The second-order valence-electron chi connectivity index (χ2n) is 6.05. The van der Waals surface area contributed by atoms with Crippen molar-refractivity contribution in [3.63, 3.8) is 0 Å². The number of nitrogens with one attached hydrogen (secondary N) is 1. The average molecular weight is 354 g/mol. The third kappa shape index (κ3) is 2.71. The van der Waals surface area contributed by atoms with Gasteiger partial charge >= 0.3 is 0 Å². The number of nitrogens with zero attached hydrogens (tertiary/aromatic N) is 5. The molecule has 0 spiro atoms. The van der Waals surface area contributed by atoms with Crippen LogP contribution in [0.2, 0.25) is 0 Å². The summed E-state index contributed by atoms with van der Waals surface area (Å²) in [4.78, 5) is 20.6. The predicted molar refractivity (Wildman–Crippen MR) is 102 cm³/mol. The molecule has 0 unspecified atom stereocenters. The van der Waals surface area contributed by atoms with E-state index in [9.17, 15) is 4.79 Å². The fraction of sp³-hybridized carbons (Fsp3) is 0. The molecule has 0 aliphatic rings. The normalized spacial score (nSPS) is 11.1. The zero-order valence-electron chi connectivity index (χ0n) is 14.1. The Labute approximate surface area is 153 Å². The summed E-state index contributed by atoms with van der Waals surface area (Å²) in [5.74, 6) is 0.0892. The van der Waals surface area contributed by atoms with E-state index in [1.165, 1.54) is 9.90 Å². The number of para-hydroxylation sites is 1. The molecule has 7 heteroatoms. The highest BCUT2D eigenvalue weighted by atomic mass is 16.2. The van der Waals surface area contributed by atoms with Crippen molar-refractivity contribution in [1.82, 2.24) is 24.1 Å². The largest absolute Gasteiger partial charge is 0.319 e. The summed E-state index contributed by atoms with van der Waals surface area (Å²) in [6, 6.07) is 19.6. The Kier molecular flexibility index (Phi) is 3.43. The molecule has 5 aromatic rings. The van der Waals surface area contributed by atoms with E-state index in [1.807, 2.05) is 42.6 Å². The first-order chi connectivity index (χ1) is 13.3. The smallest absolute Gasteiger partial charge is 0.295 e. The minimum atomic E-state index is -0.375. The molecule has 0 saturated heterocycles. The standard InChI is InChI=1S/C20H14N6O/c27-19(18-23-20-21-11-3-12-26(20)24-18)22-15-6-8-16(9-7-15)25-13-10-14-4-1-2-5-17(14)25/h1-13H,(H,22,27). The van der Waals surface area contributed by atoms with Crippen molar-refractivity contribution in [3.05, 3.63) is 85.1 Å². The Bertz CT molecular complexity index is 1240. The quantitative estimate of drug-likeness (QED) is 0.539. The number of carbonyl (C=O) groups is 1. The Morgan fingerprint density at radius 2 is 1.78 bits per heavy atom. The third-order valence-electron chi connectivity index (χ3n) is 4.32. The van der Waals surface area contributed by atoms with Gasteiger partial charge < -0.3 is 9.88 Å². The van der Waals surface area contributed by atoms with Crippen LogP contribution in [-0.2, 0) is 0 Å². The number of fused-ring (bicyclic) bond motifs is 2. The van der Waals surface area contributed by atoms with Gasteiger partial charge in [-0.05, 0) is 47.9 Å². The van der Waals surface area contributed by atoms with Gasteiger partial charge in [0.1, 0.15) is 0 Å². The van der Waals surface area contributed by atoms with Crippen LogP contribution in [0.3, 0.4) is 0 Å². The Balaban J connectivity index is 1.39. The number of hydrogen-bond donors (Lipinski definition) is 1. The van der Waals surface area contributed by atoms with Crippen LogP contribution in [0.25, 0.3) is 22.4 Å². The average Bonchev–Trinajstić information content (AvgIpc) is 3.33. The van der Waals surface area contributed by atoms with Gasteiger partial charge in [-0.1, -0.05) is 18.2 Å². The molecule has 0 saturated carbocycles. The fourth-order valence-corrected chi connectivity index (χ4v) is 3.03. The summed E-state index contributed by atoms with van der Waals surface area (Å²) in [5, 5.41) is 8.12. The van der Waals surface area contributed by atoms with E-state index in [4.69, 9.17) is 0 Å². The second-order valence-corrected chi connectivity index (χ2v) is 6.05. The van der Waals surface area contributed by atoms with Crippen molar-refractivity contribution in [1.29, 1.82) is 0 Å². The fourth-order valence-electron chi connectivity index (χ4n) is 3.03. The summed E-state index contributed by atoms with van der Waals surface area (Å²) in [6.45, 7) is 0. The minimum Gasteiger partial charge on any atom is -0.319 e. The lowest BCUT2D eigenvalue weighted by Crippen LogP contribution is -2.14. The van der Waals surface area contributed by atoms with Crippen LogP contribution in [0.15, 0.2) is 79.3 Å². The summed E-state index contributed by atoms with van der Waals surface area (Å²) in [7, 11) is 0. The molecule has 0 radical (unpaired) electrons. The van der Waals surface area contributed by atoms with Gasteiger partial charge in [0.25, 0.3) is 11.7 Å². The van der Waals surface area contributed by atoms with Crippen LogP contribution in [0.4, 0.5) is 5.69 Å². The number of anilines is 1. The van der Waals surface area contributed by atoms with Gasteiger partial charge in [0, 0.05) is 30.0 Å². The van der Waals surface area contributed by atoms with Crippen molar-refractivity contribution in [2.75, 3.05) is 5.32 Å². The molecule has 3 aromatic heterocycles. The summed E-state index contributed by atoms with van der Waals surface area (Å²) >= 11 is 0. The van der Waals surface area contributed by atoms with Crippen LogP contribution >= 0.6 is 0 Å². The predicted octanol–water partition coefficient (Wildman–Crippen LogP) is 3.32. The van der Waals surface area contributed by atoms with E-state index in [-0.39, 0.29) is 11.7 Å². The van der Waals surface area contributed by atoms with E-state index in [0.29, 0.717) is 11.5 Å². The molecule has 0 bridgehead atoms. The molecule has 3 heterocycles. The molecule has 7 nitrogen and oxygen atoms in total. The highest BCUT2D eigenvalue weighted by Gasteiger charge is 2.13. The van der Waals surface area contributed by atoms with Gasteiger partial charge in [-0.15, -0.1) is 5.10 Å². The third-order valence-corrected chi connectivity index (χ3v) is 4.32.